The number of ether oxygens (including phenoxy) is 1. The number of aliphatic hydroxyl groups excluding tert-OH is 1. The molecule has 0 saturated carbocycles. The Labute approximate surface area is 91.2 Å². The fourth-order valence-electron chi connectivity index (χ4n) is 1.75. The van der Waals surface area contributed by atoms with Crippen LogP contribution in [0.1, 0.15) is 33.1 Å². The third-order valence-corrected chi connectivity index (χ3v) is 2.61. The van der Waals surface area contributed by atoms with Gasteiger partial charge in [0.25, 0.3) is 0 Å². The molecular weight excluding hydrogens is 194 g/mol. The monoisotopic (exact) mass is 215 g/mol. The van der Waals surface area contributed by atoms with Crippen LogP contribution in [0.5, 0.6) is 0 Å². The molecule has 15 heavy (non-hydrogen) atoms. The summed E-state index contributed by atoms with van der Waals surface area (Å²) < 4.78 is 5.15. The molecule has 0 spiro atoms. The van der Waals surface area contributed by atoms with E-state index in [1.165, 1.54) is 0 Å². The van der Waals surface area contributed by atoms with Gasteiger partial charge in [0.2, 0.25) is 0 Å². The fraction of sp³-hybridized carbons (Fsp3) is 0.909. The highest BCUT2D eigenvalue weighted by Gasteiger charge is 2.27. The average molecular weight is 215 g/mol. The lowest BCUT2D eigenvalue weighted by atomic mass is 10.0. The number of nitrogens with zero attached hydrogens (tertiary/aromatic N) is 1. The van der Waals surface area contributed by atoms with Crippen molar-refractivity contribution in [1.82, 2.24) is 4.90 Å². The van der Waals surface area contributed by atoms with Crippen molar-refractivity contribution < 1.29 is 14.6 Å². The first-order valence-electron chi connectivity index (χ1n) is 5.69. The van der Waals surface area contributed by atoms with Gasteiger partial charge < -0.3 is 14.7 Å². The molecule has 1 aliphatic rings. The smallest absolute Gasteiger partial charge is 0.410 e. The topological polar surface area (TPSA) is 49.8 Å². The van der Waals surface area contributed by atoms with E-state index in [9.17, 15) is 4.79 Å². The summed E-state index contributed by atoms with van der Waals surface area (Å²) in [4.78, 5) is 13.3. The van der Waals surface area contributed by atoms with E-state index in [-0.39, 0.29) is 18.7 Å². The summed E-state index contributed by atoms with van der Waals surface area (Å²) in [5.74, 6) is 0.353. The zero-order valence-corrected chi connectivity index (χ0v) is 9.61. The number of piperidine rings is 1. The van der Waals surface area contributed by atoms with Gasteiger partial charge in [0.05, 0.1) is 19.3 Å². The second kappa shape index (κ2) is 5.95. The normalized spacial score (nSPS) is 21.9. The fourth-order valence-corrected chi connectivity index (χ4v) is 1.75. The van der Waals surface area contributed by atoms with E-state index in [0.717, 1.165) is 19.3 Å². The molecule has 0 radical (unpaired) electrons. The summed E-state index contributed by atoms with van der Waals surface area (Å²) in [6, 6.07) is -0.0431. The predicted octanol–water partition coefficient (Wildman–Crippen LogP) is 1.63. The van der Waals surface area contributed by atoms with Gasteiger partial charge in [0.1, 0.15) is 0 Å². The van der Waals surface area contributed by atoms with E-state index in [1.807, 2.05) is 13.8 Å². The first-order valence-corrected chi connectivity index (χ1v) is 5.69. The lowest BCUT2D eigenvalue weighted by molar-refractivity contribution is 0.0482. The Hall–Kier alpha value is -0.770. The molecule has 4 nitrogen and oxygen atoms in total. The van der Waals surface area contributed by atoms with Crippen LogP contribution in [0.2, 0.25) is 0 Å². The van der Waals surface area contributed by atoms with Crippen molar-refractivity contribution in [2.75, 3.05) is 19.8 Å². The van der Waals surface area contributed by atoms with E-state index in [0.29, 0.717) is 19.1 Å². The molecule has 1 saturated heterocycles. The van der Waals surface area contributed by atoms with Crippen molar-refractivity contribution >= 4 is 6.09 Å². The lowest BCUT2D eigenvalue weighted by Gasteiger charge is -2.33. The molecule has 1 amide bonds. The van der Waals surface area contributed by atoms with Crippen LogP contribution in [0, 0.1) is 5.92 Å². The number of hydrogen-bond donors (Lipinski definition) is 1. The minimum atomic E-state index is -0.276. The summed E-state index contributed by atoms with van der Waals surface area (Å²) in [6.07, 6.45) is 2.70. The molecule has 0 aromatic rings. The third kappa shape index (κ3) is 3.70. The molecule has 1 N–H and O–H groups in total. The Balaban J connectivity index is 2.41. The maximum Gasteiger partial charge on any atom is 0.410 e. The third-order valence-electron chi connectivity index (χ3n) is 2.61. The Bertz CT molecular complexity index is 206. The second-order valence-corrected chi connectivity index (χ2v) is 4.50. The van der Waals surface area contributed by atoms with Crippen LogP contribution in [0.25, 0.3) is 0 Å². The van der Waals surface area contributed by atoms with E-state index in [4.69, 9.17) is 9.84 Å². The van der Waals surface area contributed by atoms with Crippen LogP contribution < -0.4 is 0 Å². The zero-order valence-electron chi connectivity index (χ0n) is 9.61. The molecule has 0 aromatic heterocycles. The average Bonchev–Trinajstić information content (AvgIpc) is 2.25. The van der Waals surface area contributed by atoms with Crippen LogP contribution in [-0.4, -0.2) is 41.9 Å². The van der Waals surface area contributed by atoms with Gasteiger partial charge in [-0.3, -0.25) is 0 Å². The zero-order chi connectivity index (χ0) is 11.3. The summed E-state index contributed by atoms with van der Waals surface area (Å²) in [5.41, 5.74) is 0. The molecule has 1 fully saturated rings. The molecule has 1 rings (SSSR count). The van der Waals surface area contributed by atoms with Crippen molar-refractivity contribution in [2.24, 2.45) is 5.92 Å². The van der Waals surface area contributed by atoms with E-state index < -0.39 is 0 Å². The maximum absolute atomic E-state index is 11.7. The second-order valence-electron chi connectivity index (χ2n) is 4.50. The van der Waals surface area contributed by atoms with Crippen molar-refractivity contribution in [2.45, 2.75) is 39.2 Å². The van der Waals surface area contributed by atoms with E-state index in [1.54, 1.807) is 4.90 Å². The van der Waals surface area contributed by atoms with Gasteiger partial charge in [-0.15, -0.1) is 0 Å². The summed E-state index contributed by atoms with van der Waals surface area (Å²) in [5, 5.41) is 9.14. The summed E-state index contributed by atoms with van der Waals surface area (Å²) >= 11 is 0. The molecule has 1 atom stereocenters. The Kier molecular flexibility index (Phi) is 4.88. The number of rotatable bonds is 3. The van der Waals surface area contributed by atoms with E-state index in [2.05, 4.69) is 0 Å². The van der Waals surface area contributed by atoms with Gasteiger partial charge in [0, 0.05) is 6.54 Å². The van der Waals surface area contributed by atoms with Gasteiger partial charge >= 0.3 is 6.09 Å². The highest BCUT2D eigenvalue weighted by Crippen LogP contribution is 2.17. The molecule has 1 aliphatic heterocycles. The number of amides is 1. The van der Waals surface area contributed by atoms with Crippen molar-refractivity contribution in [3.8, 4) is 0 Å². The minimum Gasteiger partial charge on any atom is -0.449 e. The standard InChI is InChI=1S/C11H21NO3/c1-9(2)8-15-11(14)12-6-4-3-5-10(12)7-13/h9-10,13H,3-8H2,1-2H3. The van der Waals surface area contributed by atoms with Crippen LogP contribution in [0.15, 0.2) is 0 Å². The minimum absolute atomic E-state index is 0.0385. The molecule has 88 valence electrons. The number of hydrogen-bond acceptors (Lipinski definition) is 3. The molecule has 1 unspecified atom stereocenters. The maximum atomic E-state index is 11.7. The Morgan fingerprint density at radius 1 is 1.53 bits per heavy atom. The predicted molar refractivity (Wildman–Crippen MR) is 57.6 cm³/mol. The van der Waals surface area contributed by atoms with Gasteiger partial charge in [-0.05, 0) is 25.2 Å². The largest absolute Gasteiger partial charge is 0.449 e. The number of carbonyl (C=O) groups excluding carboxylic acids is 1. The van der Waals surface area contributed by atoms with Gasteiger partial charge in [-0.25, -0.2) is 4.79 Å². The van der Waals surface area contributed by atoms with Crippen LogP contribution in [-0.2, 0) is 4.74 Å². The molecule has 4 heteroatoms. The first-order chi connectivity index (χ1) is 7.15. The Morgan fingerprint density at radius 2 is 2.27 bits per heavy atom. The van der Waals surface area contributed by atoms with Gasteiger partial charge in [-0.2, -0.15) is 0 Å². The van der Waals surface area contributed by atoms with Crippen LogP contribution >= 0.6 is 0 Å². The van der Waals surface area contributed by atoms with Crippen molar-refractivity contribution in [3.63, 3.8) is 0 Å². The van der Waals surface area contributed by atoms with E-state index >= 15 is 0 Å². The molecular formula is C11H21NO3. The SMILES string of the molecule is CC(C)COC(=O)N1CCCCC1CO. The summed E-state index contributed by atoms with van der Waals surface area (Å²) in [6.45, 7) is 5.21. The number of aliphatic hydroxyl groups is 1. The van der Waals surface area contributed by atoms with Crippen molar-refractivity contribution in [1.29, 1.82) is 0 Å². The number of likely N-dealkylation sites (tertiary alicyclic amines) is 1. The molecule has 0 aromatic carbocycles. The van der Waals surface area contributed by atoms with Gasteiger partial charge in [-0.1, -0.05) is 13.8 Å². The van der Waals surface area contributed by atoms with Crippen LogP contribution in [0.4, 0.5) is 4.79 Å². The molecule has 0 aliphatic carbocycles. The van der Waals surface area contributed by atoms with Crippen molar-refractivity contribution in [3.05, 3.63) is 0 Å². The molecule has 0 bridgehead atoms. The van der Waals surface area contributed by atoms with Gasteiger partial charge in [0.15, 0.2) is 0 Å². The highest BCUT2D eigenvalue weighted by molar-refractivity contribution is 5.68. The first kappa shape index (κ1) is 12.3. The highest BCUT2D eigenvalue weighted by atomic mass is 16.6. The number of carbonyl (C=O) groups is 1. The molecule has 1 heterocycles. The quantitative estimate of drug-likeness (QED) is 0.778. The lowest BCUT2D eigenvalue weighted by Crippen LogP contribution is -2.46. The Morgan fingerprint density at radius 3 is 2.87 bits per heavy atom. The summed E-state index contributed by atoms with van der Waals surface area (Å²) in [7, 11) is 0. The van der Waals surface area contributed by atoms with Crippen LogP contribution in [0.3, 0.4) is 0 Å².